The number of furan rings is 1. The van der Waals surface area contributed by atoms with Gasteiger partial charge in [0.15, 0.2) is 0 Å². The van der Waals surface area contributed by atoms with Crippen LogP contribution in [0.3, 0.4) is 0 Å². The van der Waals surface area contributed by atoms with Crippen molar-refractivity contribution >= 4 is 25.0 Å². The van der Waals surface area contributed by atoms with Crippen molar-refractivity contribution in [1.82, 2.24) is 4.90 Å². The molecule has 3 fully saturated rings. The first kappa shape index (κ1) is 26.5. The van der Waals surface area contributed by atoms with Gasteiger partial charge in [-0.3, -0.25) is 14.5 Å². The Labute approximate surface area is 220 Å². The summed E-state index contributed by atoms with van der Waals surface area (Å²) in [5.41, 5.74) is 3.55. The lowest BCUT2D eigenvalue weighted by Gasteiger charge is -2.43. The summed E-state index contributed by atoms with van der Waals surface area (Å²) in [7, 11) is -0.937. The van der Waals surface area contributed by atoms with Gasteiger partial charge in [0.05, 0.1) is 17.9 Å². The summed E-state index contributed by atoms with van der Waals surface area (Å²) in [6, 6.07) is 3.65. The molecular weight excluding hydrogens is 469 g/mol. The van der Waals surface area contributed by atoms with Crippen LogP contribution in [0.15, 0.2) is 33.3 Å². The van der Waals surface area contributed by atoms with Gasteiger partial charge < -0.3 is 19.2 Å². The molecule has 1 aromatic rings. The third-order valence-corrected chi connectivity index (χ3v) is 8.86. The third-order valence-electron chi connectivity index (χ3n) is 8.86. The van der Waals surface area contributed by atoms with Crippen molar-refractivity contribution in [3.63, 3.8) is 0 Å². The number of amides is 2. The zero-order valence-electron chi connectivity index (χ0n) is 22.2. The lowest BCUT2D eigenvalue weighted by atomic mass is 9.58. The molecule has 1 aromatic heterocycles. The Morgan fingerprint density at radius 3 is 2.65 bits per heavy atom. The van der Waals surface area contributed by atoms with E-state index in [1.807, 2.05) is 19.1 Å². The molecule has 0 unspecified atom stereocenters. The molecule has 5 rings (SSSR count). The van der Waals surface area contributed by atoms with E-state index in [1.165, 1.54) is 17.6 Å². The summed E-state index contributed by atoms with van der Waals surface area (Å²) in [5.74, 6) is 0.436. The van der Waals surface area contributed by atoms with Crippen LogP contribution in [0.1, 0.15) is 89.6 Å². The Kier molecular flexibility index (Phi) is 8.08. The maximum absolute atomic E-state index is 13.8. The number of aliphatic hydroxyl groups is 1. The monoisotopic (exact) mass is 509 g/mol. The maximum atomic E-state index is 13.8. The van der Waals surface area contributed by atoms with E-state index < -0.39 is 7.12 Å². The maximum Gasteiger partial charge on any atom is 0.455 e. The SMILES string of the molecule is CCCC1=C2[C@@H](CC/C(C)=C/c3ccc(CO)o3)OB(O)C[C@@H]2[C@@H]2C(=O)N(C3CCCCC3)C(=O)[C@@H]2C1. The van der Waals surface area contributed by atoms with Crippen molar-refractivity contribution in [3.8, 4) is 0 Å². The first-order valence-electron chi connectivity index (χ1n) is 14.2. The number of allylic oxidation sites excluding steroid dienone is 2. The molecule has 200 valence electrons. The number of rotatable bonds is 8. The van der Waals surface area contributed by atoms with Crippen molar-refractivity contribution < 1.29 is 28.8 Å². The molecule has 0 radical (unpaired) electrons. The lowest BCUT2D eigenvalue weighted by Crippen LogP contribution is -2.46. The van der Waals surface area contributed by atoms with Crippen molar-refractivity contribution in [3.05, 3.63) is 40.4 Å². The number of hydrogen-bond donors (Lipinski definition) is 2. The summed E-state index contributed by atoms with van der Waals surface area (Å²) in [5, 5.41) is 20.0. The molecule has 37 heavy (non-hydrogen) atoms. The highest BCUT2D eigenvalue weighted by atomic mass is 16.5. The molecule has 2 amide bonds. The van der Waals surface area contributed by atoms with E-state index in [2.05, 4.69) is 6.92 Å². The Morgan fingerprint density at radius 1 is 1.16 bits per heavy atom. The van der Waals surface area contributed by atoms with E-state index >= 15 is 0 Å². The van der Waals surface area contributed by atoms with E-state index in [1.54, 1.807) is 11.0 Å². The van der Waals surface area contributed by atoms with Crippen LogP contribution < -0.4 is 0 Å². The van der Waals surface area contributed by atoms with Gasteiger partial charge in [-0.25, -0.2) is 0 Å². The van der Waals surface area contributed by atoms with Gasteiger partial charge in [-0.15, -0.1) is 0 Å². The molecular formula is C29H40BNO6. The molecule has 2 N–H and O–H groups in total. The first-order chi connectivity index (χ1) is 17.9. The standard InChI is InChI=1S/C29H40BNO6/c1-3-7-19-15-23-27(29(34)31(28(23)33)20-8-5-4-6-9-20)24-16-30(35)37-25(26(19)24)13-10-18(2)14-21-11-12-22(17-32)36-21/h11-12,14,20,23-25,27,32,35H,3-10,13,15-17H2,1-2H3/b18-14+/t23-,24+,25-,27-/m1/s1. The van der Waals surface area contributed by atoms with Crippen LogP contribution in [-0.2, 0) is 20.9 Å². The normalized spacial score (nSPS) is 29.2. The van der Waals surface area contributed by atoms with E-state index in [9.17, 15) is 19.7 Å². The minimum Gasteiger partial charge on any atom is -0.459 e. The molecule has 2 aliphatic heterocycles. The van der Waals surface area contributed by atoms with Gasteiger partial charge in [0, 0.05) is 6.04 Å². The molecule has 4 atom stereocenters. The fourth-order valence-electron chi connectivity index (χ4n) is 7.26. The predicted molar refractivity (Wildman–Crippen MR) is 141 cm³/mol. The van der Waals surface area contributed by atoms with Crippen LogP contribution in [0.5, 0.6) is 0 Å². The average Bonchev–Trinajstić information content (AvgIpc) is 3.44. The van der Waals surface area contributed by atoms with E-state index in [0.717, 1.165) is 50.5 Å². The first-order valence-corrected chi connectivity index (χ1v) is 14.2. The zero-order chi connectivity index (χ0) is 26.1. The van der Waals surface area contributed by atoms with Gasteiger partial charge in [0.25, 0.3) is 0 Å². The summed E-state index contributed by atoms with van der Waals surface area (Å²) < 4.78 is 11.7. The number of hydrogen-bond acceptors (Lipinski definition) is 6. The quantitative estimate of drug-likeness (QED) is 0.294. The molecule has 4 aliphatic rings. The third kappa shape index (κ3) is 5.25. The van der Waals surface area contributed by atoms with Crippen LogP contribution in [0.4, 0.5) is 0 Å². The Morgan fingerprint density at radius 2 is 1.95 bits per heavy atom. The molecule has 0 spiro atoms. The van der Waals surface area contributed by atoms with E-state index in [0.29, 0.717) is 30.7 Å². The molecule has 7 nitrogen and oxygen atoms in total. The van der Waals surface area contributed by atoms with Crippen LogP contribution >= 0.6 is 0 Å². The topological polar surface area (TPSA) is 100 Å². The van der Waals surface area contributed by atoms with Gasteiger partial charge in [0.2, 0.25) is 11.8 Å². The second-order valence-corrected chi connectivity index (χ2v) is 11.4. The van der Waals surface area contributed by atoms with Crippen LogP contribution in [-0.4, -0.2) is 46.1 Å². The fourth-order valence-corrected chi connectivity index (χ4v) is 7.26. The molecule has 2 aliphatic carbocycles. The van der Waals surface area contributed by atoms with Crippen molar-refractivity contribution in [2.75, 3.05) is 0 Å². The molecule has 0 aromatic carbocycles. The van der Waals surface area contributed by atoms with Gasteiger partial charge in [-0.1, -0.05) is 43.8 Å². The largest absolute Gasteiger partial charge is 0.459 e. The lowest BCUT2D eigenvalue weighted by molar-refractivity contribution is -0.143. The fraction of sp³-hybridized carbons (Fsp3) is 0.655. The van der Waals surface area contributed by atoms with E-state index in [-0.39, 0.29) is 48.3 Å². The predicted octanol–water partition coefficient (Wildman–Crippen LogP) is 4.89. The van der Waals surface area contributed by atoms with Crippen molar-refractivity contribution in [2.45, 2.75) is 103 Å². The number of carbonyl (C=O) groups is 2. The molecule has 1 saturated carbocycles. The van der Waals surface area contributed by atoms with Crippen LogP contribution in [0, 0.1) is 17.8 Å². The summed E-state index contributed by atoms with van der Waals surface area (Å²) >= 11 is 0. The highest BCUT2D eigenvalue weighted by molar-refractivity contribution is 6.43. The molecule has 8 heteroatoms. The second kappa shape index (κ2) is 11.3. The number of fused-ring (bicyclic) bond motifs is 3. The highest BCUT2D eigenvalue weighted by Crippen LogP contribution is 2.52. The minimum absolute atomic E-state index is 0.0126. The second-order valence-electron chi connectivity index (χ2n) is 11.4. The number of imide groups is 1. The molecule has 3 heterocycles. The number of aliphatic hydroxyl groups excluding tert-OH is 1. The molecule has 2 saturated heterocycles. The van der Waals surface area contributed by atoms with Crippen LogP contribution in [0.25, 0.3) is 6.08 Å². The number of nitrogens with zero attached hydrogens (tertiary/aromatic N) is 1. The summed E-state index contributed by atoms with van der Waals surface area (Å²) in [6.07, 6.45) is 11.2. The van der Waals surface area contributed by atoms with Gasteiger partial charge in [0.1, 0.15) is 18.1 Å². The van der Waals surface area contributed by atoms with Crippen molar-refractivity contribution in [1.29, 1.82) is 0 Å². The number of carbonyl (C=O) groups excluding carboxylic acids is 2. The van der Waals surface area contributed by atoms with E-state index in [4.69, 9.17) is 9.07 Å². The Hall–Kier alpha value is -2.16. The summed E-state index contributed by atoms with van der Waals surface area (Å²) in [6.45, 7) is 4.06. The highest BCUT2D eigenvalue weighted by Gasteiger charge is 2.58. The summed E-state index contributed by atoms with van der Waals surface area (Å²) in [4.78, 5) is 29.0. The van der Waals surface area contributed by atoms with Gasteiger partial charge in [-0.05, 0) is 81.5 Å². The smallest absolute Gasteiger partial charge is 0.455 e. The Bertz CT molecular complexity index is 1070. The van der Waals surface area contributed by atoms with Crippen molar-refractivity contribution in [2.24, 2.45) is 17.8 Å². The van der Waals surface area contributed by atoms with Gasteiger partial charge in [-0.2, -0.15) is 0 Å². The molecule has 0 bridgehead atoms. The minimum atomic E-state index is -0.937. The van der Waals surface area contributed by atoms with Crippen LogP contribution in [0.2, 0.25) is 6.32 Å². The zero-order valence-corrected chi connectivity index (χ0v) is 22.2. The number of likely N-dealkylation sites (tertiary alicyclic amines) is 1. The Balaban J connectivity index is 1.38. The van der Waals surface area contributed by atoms with Gasteiger partial charge >= 0.3 is 7.12 Å². The average molecular weight is 509 g/mol.